The van der Waals surface area contributed by atoms with Crippen LogP contribution in [-0.4, -0.2) is 84.5 Å². The molecule has 36 heavy (non-hydrogen) atoms. The highest BCUT2D eigenvalue weighted by molar-refractivity contribution is 7.89. The number of H-pyrrole nitrogens is 1. The number of pyridine rings is 1. The number of nitrogens with one attached hydrogen (secondary N) is 1. The first-order chi connectivity index (χ1) is 17.4. The van der Waals surface area contributed by atoms with Crippen LogP contribution in [0.1, 0.15) is 42.6 Å². The van der Waals surface area contributed by atoms with Crippen LogP contribution >= 0.6 is 0 Å². The highest BCUT2D eigenvalue weighted by Crippen LogP contribution is 2.33. The summed E-state index contributed by atoms with van der Waals surface area (Å²) in [5.74, 6) is 0.102. The summed E-state index contributed by atoms with van der Waals surface area (Å²) < 4.78 is 34.3. The molecule has 1 aliphatic heterocycles. The lowest BCUT2D eigenvalue weighted by Gasteiger charge is -2.33. The minimum absolute atomic E-state index is 0.0541. The van der Waals surface area contributed by atoms with Gasteiger partial charge < -0.3 is 20.6 Å². The van der Waals surface area contributed by atoms with Gasteiger partial charge in [0.1, 0.15) is 0 Å². The molecule has 1 saturated heterocycles. The number of β-amino-alcohol motifs (C(OH)–C–C–N with tert-alkyl or cyclic N) is 1. The van der Waals surface area contributed by atoms with Crippen molar-refractivity contribution in [3.63, 3.8) is 0 Å². The number of benzene rings is 1. The number of sulfonamides is 1. The molecule has 11 heteroatoms. The van der Waals surface area contributed by atoms with Crippen LogP contribution in [0.3, 0.4) is 0 Å². The molecular weight excluding hydrogens is 482 g/mol. The van der Waals surface area contributed by atoms with Gasteiger partial charge in [-0.1, -0.05) is 19.3 Å². The molecule has 2 fully saturated rings. The van der Waals surface area contributed by atoms with Gasteiger partial charge in [-0.3, -0.25) is 9.69 Å². The number of primary amides is 1. The van der Waals surface area contributed by atoms with Crippen LogP contribution < -0.4 is 10.5 Å². The molecule has 4 N–H and O–H groups in total. The fourth-order valence-corrected chi connectivity index (χ4v) is 6.75. The molecule has 0 unspecified atom stereocenters. The normalized spacial score (nSPS) is 18.7. The molecule has 1 aliphatic carbocycles. The van der Waals surface area contributed by atoms with E-state index in [0.29, 0.717) is 72.9 Å². The highest BCUT2D eigenvalue weighted by Gasteiger charge is 2.29. The number of aliphatic hydroxyl groups excluding tert-OH is 1. The third-order valence-corrected chi connectivity index (χ3v) is 9.24. The second-order valence-corrected chi connectivity index (χ2v) is 11.7. The van der Waals surface area contributed by atoms with E-state index in [4.69, 9.17) is 15.6 Å². The first-order valence-electron chi connectivity index (χ1n) is 12.6. The number of carbonyl (C=O) groups is 1. The predicted octanol–water partition coefficient (Wildman–Crippen LogP) is 2.07. The number of fused-ring (bicyclic) bond motifs is 3. The lowest BCUT2D eigenvalue weighted by Crippen LogP contribution is -2.49. The fourth-order valence-electron chi connectivity index (χ4n) is 5.30. The first-order valence-corrected chi connectivity index (χ1v) is 14.0. The molecular formula is C25H33N5O5S. The summed E-state index contributed by atoms with van der Waals surface area (Å²) in [6.07, 6.45) is 5.89. The largest absolute Gasteiger partial charge is 0.477 e. The van der Waals surface area contributed by atoms with Gasteiger partial charge in [-0.25, -0.2) is 13.4 Å². The Morgan fingerprint density at radius 3 is 2.56 bits per heavy atom. The van der Waals surface area contributed by atoms with Crippen LogP contribution in [0.2, 0.25) is 0 Å². The summed E-state index contributed by atoms with van der Waals surface area (Å²) >= 11 is 0. The molecule has 0 radical (unpaired) electrons. The second kappa shape index (κ2) is 10.3. The summed E-state index contributed by atoms with van der Waals surface area (Å²) in [6.45, 7) is 3.00. The zero-order valence-corrected chi connectivity index (χ0v) is 21.1. The van der Waals surface area contributed by atoms with Crippen LogP contribution in [0.5, 0.6) is 5.88 Å². The molecule has 0 atom stereocenters. The van der Waals surface area contributed by atoms with E-state index in [1.54, 1.807) is 24.3 Å². The van der Waals surface area contributed by atoms with E-state index in [0.717, 1.165) is 12.8 Å². The van der Waals surface area contributed by atoms with E-state index >= 15 is 0 Å². The van der Waals surface area contributed by atoms with Gasteiger partial charge in [0.25, 0.3) is 5.91 Å². The smallest absolute Gasteiger partial charge is 0.269 e. The SMILES string of the molecule is NC(=O)c1nc(OCC2CCCCC2)cc2c1[nH]c1ccc(S(=O)(=O)N3CCN(CCO)CC3)cc12. The standard InChI is InChI=1S/C25H33N5O5S/c26-25(32)24-23-20(15-22(28-24)35-16-17-4-2-1-3-5-17)19-14-18(6-7-21(19)27-23)36(33,34)30-10-8-29(9-11-30)12-13-31/h6-7,14-15,17,27,31H,1-5,8-13,16H2,(H2,26,32). The summed E-state index contributed by atoms with van der Waals surface area (Å²) in [4.78, 5) is 22.0. The zero-order valence-electron chi connectivity index (χ0n) is 20.3. The fraction of sp³-hybridized carbons (Fsp3) is 0.520. The zero-order chi connectivity index (χ0) is 25.3. The lowest BCUT2D eigenvalue weighted by atomic mass is 9.90. The molecule has 1 aromatic carbocycles. The van der Waals surface area contributed by atoms with Crippen LogP contribution in [0.4, 0.5) is 0 Å². The summed E-state index contributed by atoms with van der Waals surface area (Å²) in [7, 11) is -3.71. The van der Waals surface area contributed by atoms with Gasteiger partial charge in [0.2, 0.25) is 15.9 Å². The number of rotatable bonds is 8. The number of hydrogen-bond donors (Lipinski definition) is 3. The van der Waals surface area contributed by atoms with E-state index in [2.05, 4.69) is 9.97 Å². The molecule has 0 bridgehead atoms. The maximum absolute atomic E-state index is 13.4. The predicted molar refractivity (Wildman–Crippen MR) is 136 cm³/mol. The van der Waals surface area contributed by atoms with E-state index in [9.17, 15) is 13.2 Å². The molecule has 1 amide bonds. The van der Waals surface area contributed by atoms with Crippen molar-refractivity contribution < 1.29 is 23.1 Å². The summed E-state index contributed by atoms with van der Waals surface area (Å²) in [5.41, 5.74) is 6.87. The molecule has 1 saturated carbocycles. The van der Waals surface area contributed by atoms with Crippen LogP contribution in [0, 0.1) is 5.92 Å². The molecule has 3 aromatic rings. The molecule has 5 rings (SSSR count). The van der Waals surface area contributed by atoms with Gasteiger partial charge in [0.05, 0.1) is 23.6 Å². The number of amides is 1. The lowest BCUT2D eigenvalue weighted by molar-refractivity contribution is 0.0995. The Kier molecular flexibility index (Phi) is 7.16. The first kappa shape index (κ1) is 24.9. The highest BCUT2D eigenvalue weighted by atomic mass is 32.2. The van der Waals surface area contributed by atoms with Gasteiger partial charge in [-0.05, 0) is 37.0 Å². The Hall–Kier alpha value is -2.73. The van der Waals surface area contributed by atoms with Crippen LogP contribution in [-0.2, 0) is 10.0 Å². The van der Waals surface area contributed by atoms with E-state index in [1.807, 2.05) is 4.90 Å². The number of ether oxygens (including phenoxy) is 1. The monoisotopic (exact) mass is 515 g/mol. The molecule has 2 aromatic heterocycles. The minimum atomic E-state index is -3.71. The Labute approximate surface area is 210 Å². The van der Waals surface area contributed by atoms with Crippen LogP contribution in [0.25, 0.3) is 21.8 Å². The number of nitrogens with zero attached hydrogens (tertiary/aromatic N) is 3. The van der Waals surface area contributed by atoms with Crippen molar-refractivity contribution >= 4 is 37.7 Å². The number of aliphatic hydroxyl groups is 1. The van der Waals surface area contributed by atoms with Crippen molar-refractivity contribution in [3.8, 4) is 5.88 Å². The third kappa shape index (κ3) is 4.93. The minimum Gasteiger partial charge on any atom is -0.477 e. The number of piperazine rings is 1. The molecule has 194 valence electrons. The average molecular weight is 516 g/mol. The van der Waals surface area contributed by atoms with Crippen molar-refractivity contribution in [1.29, 1.82) is 0 Å². The number of carbonyl (C=O) groups excluding carboxylic acids is 1. The van der Waals surface area contributed by atoms with Crippen molar-refractivity contribution in [2.75, 3.05) is 45.9 Å². The van der Waals surface area contributed by atoms with Crippen molar-refractivity contribution in [2.45, 2.75) is 37.0 Å². The van der Waals surface area contributed by atoms with Gasteiger partial charge in [-0.2, -0.15) is 4.31 Å². The Bertz CT molecular complexity index is 1360. The number of hydrogen-bond acceptors (Lipinski definition) is 7. The Morgan fingerprint density at radius 2 is 1.86 bits per heavy atom. The third-order valence-electron chi connectivity index (χ3n) is 7.35. The Morgan fingerprint density at radius 1 is 1.11 bits per heavy atom. The summed E-state index contributed by atoms with van der Waals surface area (Å²) in [6, 6.07) is 6.68. The van der Waals surface area contributed by atoms with E-state index < -0.39 is 15.9 Å². The van der Waals surface area contributed by atoms with Gasteiger partial charge in [-0.15, -0.1) is 0 Å². The van der Waals surface area contributed by atoms with Gasteiger partial charge in [0, 0.05) is 55.1 Å². The van der Waals surface area contributed by atoms with E-state index in [1.165, 1.54) is 23.6 Å². The molecule has 2 aliphatic rings. The Balaban J connectivity index is 1.48. The van der Waals surface area contributed by atoms with E-state index in [-0.39, 0.29) is 17.2 Å². The maximum atomic E-state index is 13.4. The summed E-state index contributed by atoms with van der Waals surface area (Å²) in [5, 5.41) is 10.5. The number of aromatic amines is 1. The van der Waals surface area contributed by atoms with Crippen molar-refractivity contribution in [1.82, 2.24) is 19.2 Å². The average Bonchev–Trinajstić information content (AvgIpc) is 3.26. The quantitative estimate of drug-likeness (QED) is 0.417. The van der Waals surface area contributed by atoms with Crippen molar-refractivity contribution in [2.24, 2.45) is 11.7 Å². The topological polar surface area (TPSA) is 142 Å². The molecule has 10 nitrogen and oxygen atoms in total. The van der Waals surface area contributed by atoms with Gasteiger partial charge in [0.15, 0.2) is 5.69 Å². The molecule has 3 heterocycles. The molecule has 0 spiro atoms. The maximum Gasteiger partial charge on any atom is 0.269 e. The van der Waals surface area contributed by atoms with Crippen molar-refractivity contribution in [3.05, 3.63) is 30.0 Å². The second-order valence-electron chi connectivity index (χ2n) is 9.71. The number of aromatic nitrogens is 2. The van der Waals surface area contributed by atoms with Crippen LogP contribution in [0.15, 0.2) is 29.2 Å². The van der Waals surface area contributed by atoms with Gasteiger partial charge >= 0.3 is 0 Å². The number of nitrogens with two attached hydrogens (primary N) is 1.